The predicted molar refractivity (Wildman–Crippen MR) is 91.0 cm³/mol. The lowest BCUT2D eigenvalue weighted by Gasteiger charge is -2.16. The van der Waals surface area contributed by atoms with Gasteiger partial charge in [-0.15, -0.1) is 0 Å². The quantitative estimate of drug-likeness (QED) is 0.749. The number of carbonyl (C=O) groups excluding carboxylic acids is 1. The summed E-state index contributed by atoms with van der Waals surface area (Å²) in [5, 5.41) is 6.68. The molecule has 0 bridgehead atoms. The number of rotatable bonds is 2. The summed E-state index contributed by atoms with van der Waals surface area (Å²) in [4.78, 5) is 20.5. The smallest absolute Gasteiger partial charge is 0.305 e. The van der Waals surface area contributed by atoms with Crippen LogP contribution in [0.2, 0.25) is 0 Å². The molecule has 3 aromatic heterocycles. The van der Waals surface area contributed by atoms with Crippen molar-refractivity contribution in [3.63, 3.8) is 0 Å². The minimum absolute atomic E-state index is 0.169. The first-order valence-electron chi connectivity index (χ1n) is 8.20. The molecule has 6 nitrogen and oxygen atoms in total. The molecule has 4 rings (SSSR count). The number of aromatic nitrogens is 4. The van der Waals surface area contributed by atoms with E-state index in [0.717, 1.165) is 28.6 Å². The summed E-state index contributed by atoms with van der Waals surface area (Å²) in [5.41, 5.74) is 2.42. The second kappa shape index (κ2) is 6.19. The molecule has 0 unspecified atom stereocenters. The van der Waals surface area contributed by atoms with Crippen molar-refractivity contribution in [2.24, 2.45) is 7.05 Å². The molecular formula is C18H14F3N5O. The Hall–Kier alpha value is -3.23. The van der Waals surface area contributed by atoms with Gasteiger partial charge in [0.15, 0.2) is 5.69 Å². The number of carbonyl (C=O) groups is 1. The van der Waals surface area contributed by atoms with Gasteiger partial charge >= 0.3 is 6.18 Å². The Morgan fingerprint density at radius 2 is 2.00 bits per heavy atom. The van der Waals surface area contributed by atoms with E-state index in [1.165, 1.54) is 12.1 Å². The van der Waals surface area contributed by atoms with Crippen molar-refractivity contribution in [3.05, 3.63) is 59.0 Å². The molecule has 0 aliphatic heterocycles. The Labute approximate surface area is 152 Å². The van der Waals surface area contributed by atoms with Gasteiger partial charge in [0.25, 0.3) is 5.91 Å². The zero-order valence-electron chi connectivity index (χ0n) is 14.2. The van der Waals surface area contributed by atoms with Crippen LogP contribution in [0, 0.1) is 0 Å². The van der Waals surface area contributed by atoms with E-state index >= 15 is 0 Å². The minimum atomic E-state index is -4.58. The average molecular weight is 373 g/mol. The van der Waals surface area contributed by atoms with Gasteiger partial charge in [-0.05, 0) is 36.6 Å². The van der Waals surface area contributed by atoms with Crippen LogP contribution >= 0.6 is 0 Å². The monoisotopic (exact) mass is 373 g/mol. The van der Waals surface area contributed by atoms with Gasteiger partial charge in [0.2, 0.25) is 0 Å². The van der Waals surface area contributed by atoms with Crippen LogP contribution in [0.5, 0.6) is 0 Å². The van der Waals surface area contributed by atoms with Crippen LogP contribution < -0.4 is 5.32 Å². The molecule has 27 heavy (non-hydrogen) atoms. The molecule has 0 aromatic carbocycles. The van der Waals surface area contributed by atoms with Crippen LogP contribution in [-0.2, 0) is 26.1 Å². The van der Waals surface area contributed by atoms with E-state index in [-0.39, 0.29) is 11.5 Å². The number of halogens is 3. The topological polar surface area (TPSA) is 72.7 Å². The van der Waals surface area contributed by atoms with Crippen molar-refractivity contribution in [3.8, 4) is 11.4 Å². The van der Waals surface area contributed by atoms with Gasteiger partial charge < -0.3 is 5.32 Å². The zero-order valence-corrected chi connectivity index (χ0v) is 14.2. The largest absolute Gasteiger partial charge is 0.433 e. The highest BCUT2D eigenvalue weighted by molar-refractivity contribution is 6.04. The summed E-state index contributed by atoms with van der Waals surface area (Å²) in [7, 11) is 1.71. The Balaban J connectivity index is 1.67. The molecule has 1 aliphatic carbocycles. The van der Waals surface area contributed by atoms with Crippen LogP contribution in [0.4, 0.5) is 19.0 Å². The van der Waals surface area contributed by atoms with E-state index in [0.29, 0.717) is 12.8 Å². The molecule has 138 valence electrons. The number of hydrogen-bond acceptors (Lipinski definition) is 4. The van der Waals surface area contributed by atoms with Gasteiger partial charge in [-0.1, -0.05) is 12.1 Å². The second-order valence-corrected chi connectivity index (χ2v) is 6.17. The molecule has 0 saturated heterocycles. The molecule has 3 heterocycles. The number of nitrogens with zero attached hydrogens (tertiary/aromatic N) is 4. The Kier molecular flexibility index (Phi) is 3.94. The van der Waals surface area contributed by atoms with E-state index in [1.54, 1.807) is 17.9 Å². The molecule has 0 saturated carbocycles. The summed E-state index contributed by atoms with van der Waals surface area (Å²) >= 11 is 0. The van der Waals surface area contributed by atoms with Gasteiger partial charge in [-0.3, -0.25) is 14.5 Å². The van der Waals surface area contributed by atoms with Crippen molar-refractivity contribution < 1.29 is 18.0 Å². The van der Waals surface area contributed by atoms with Crippen LogP contribution in [0.25, 0.3) is 11.4 Å². The van der Waals surface area contributed by atoms with Crippen molar-refractivity contribution in [2.75, 3.05) is 5.32 Å². The van der Waals surface area contributed by atoms with Gasteiger partial charge in [0.1, 0.15) is 11.5 Å². The molecular weight excluding hydrogens is 359 g/mol. The number of nitrogens with one attached hydrogen (secondary N) is 1. The maximum atomic E-state index is 12.8. The minimum Gasteiger partial charge on any atom is -0.305 e. The van der Waals surface area contributed by atoms with Gasteiger partial charge in [-0.2, -0.15) is 18.3 Å². The Bertz CT molecular complexity index is 1040. The number of anilines is 1. The molecule has 1 N–H and O–H groups in total. The van der Waals surface area contributed by atoms with Crippen LogP contribution in [-0.4, -0.2) is 25.7 Å². The second-order valence-electron chi connectivity index (χ2n) is 6.17. The van der Waals surface area contributed by atoms with Crippen molar-refractivity contribution in [2.45, 2.75) is 19.0 Å². The molecule has 0 radical (unpaired) electrons. The predicted octanol–water partition coefficient (Wildman–Crippen LogP) is 3.25. The van der Waals surface area contributed by atoms with E-state index in [2.05, 4.69) is 20.4 Å². The summed E-state index contributed by atoms with van der Waals surface area (Å²) in [6.07, 6.45) is -1.60. The number of pyridine rings is 2. The standard InChI is InChI=1S/C18H14F3N5O/c1-26-16-11(8-7-10-4-3-9-22-14(10)16)15(25-26)17(27)24-13-6-2-5-12(23-13)18(19,20)21/h2-6,9H,7-8H2,1H3,(H,23,24,27). The molecule has 0 spiro atoms. The molecule has 1 aliphatic rings. The first kappa shape index (κ1) is 17.2. The average Bonchev–Trinajstić information content (AvgIpc) is 2.99. The number of fused-ring (bicyclic) bond motifs is 3. The van der Waals surface area contributed by atoms with Crippen molar-refractivity contribution in [1.82, 2.24) is 19.7 Å². The third kappa shape index (κ3) is 3.05. The maximum Gasteiger partial charge on any atom is 0.433 e. The van der Waals surface area contributed by atoms with Crippen LogP contribution in [0.15, 0.2) is 36.5 Å². The van der Waals surface area contributed by atoms with Crippen LogP contribution in [0.3, 0.4) is 0 Å². The first-order chi connectivity index (χ1) is 12.8. The van der Waals surface area contributed by atoms with E-state index in [1.807, 2.05) is 12.1 Å². The lowest BCUT2D eigenvalue weighted by molar-refractivity contribution is -0.141. The normalized spacial score (nSPS) is 13.0. The maximum absolute atomic E-state index is 12.8. The fraction of sp³-hybridized carbons (Fsp3) is 0.222. The third-order valence-electron chi connectivity index (χ3n) is 4.40. The number of aryl methyl sites for hydroxylation is 2. The lowest BCUT2D eigenvalue weighted by atomic mass is 9.92. The zero-order chi connectivity index (χ0) is 19.2. The van der Waals surface area contributed by atoms with E-state index in [9.17, 15) is 18.0 Å². The Morgan fingerprint density at radius 3 is 2.78 bits per heavy atom. The molecule has 1 amide bonds. The van der Waals surface area contributed by atoms with Crippen LogP contribution in [0.1, 0.15) is 27.3 Å². The molecule has 3 aromatic rings. The highest BCUT2D eigenvalue weighted by atomic mass is 19.4. The number of amides is 1. The fourth-order valence-electron chi connectivity index (χ4n) is 3.23. The number of hydrogen-bond donors (Lipinski definition) is 1. The van der Waals surface area contributed by atoms with Gasteiger partial charge in [0, 0.05) is 18.8 Å². The first-order valence-corrected chi connectivity index (χ1v) is 8.20. The summed E-state index contributed by atoms with van der Waals surface area (Å²) < 4.78 is 40.0. The molecule has 0 fully saturated rings. The summed E-state index contributed by atoms with van der Waals surface area (Å²) in [6, 6.07) is 7.18. The lowest BCUT2D eigenvalue weighted by Crippen LogP contribution is -2.18. The SMILES string of the molecule is Cn1nc(C(=O)Nc2cccc(C(F)(F)F)n2)c2c1-c1ncccc1CC2. The third-order valence-corrected chi connectivity index (χ3v) is 4.40. The van der Waals surface area contributed by atoms with E-state index < -0.39 is 17.8 Å². The fourth-order valence-corrected chi connectivity index (χ4v) is 3.23. The van der Waals surface area contributed by atoms with E-state index in [4.69, 9.17) is 0 Å². The van der Waals surface area contributed by atoms with Crippen molar-refractivity contribution in [1.29, 1.82) is 0 Å². The highest BCUT2D eigenvalue weighted by Gasteiger charge is 2.33. The molecule has 0 atom stereocenters. The summed E-state index contributed by atoms with van der Waals surface area (Å²) in [6.45, 7) is 0. The van der Waals surface area contributed by atoms with Gasteiger partial charge in [0.05, 0.1) is 11.4 Å². The summed E-state index contributed by atoms with van der Waals surface area (Å²) in [5.74, 6) is -0.776. The van der Waals surface area contributed by atoms with Crippen molar-refractivity contribution >= 4 is 11.7 Å². The Morgan fingerprint density at radius 1 is 1.19 bits per heavy atom. The molecule has 9 heteroatoms. The highest BCUT2D eigenvalue weighted by Crippen LogP contribution is 2.33. The van der Waals surface area contributed by atoms with Gasteiger partial charge in [-0.25, -0.2) is 4.98 Å². The number of alkyl halides is 3.